The molecule has 2 aromatic carbocycles. The molecule has 2 heterocycles. The average molecular weight is 541 g/mol. The number of carboxylic acids is 1. The third kappa shape index (κ3) is 5.73. The summed E-state index contributed by atoms with van der Waals surface area (Å²) >= 11 is 0. The highest BCUT2D eigenvalue weighted by Crippen LogP contribution is 2.36. The minimum absolute atomic E-state index is 0.00491. The molecule has 2 unspecified atom stereocenters. The first-order chi connectivity index (χ1) is 18.3. The number of aromatic carboxylic acids is 1. The van der Waals surface area contributed by atoms with E-state index in [1.54, 1.807) is 0 Å². The normalized spacial score (nSPS) is 23.0. The van der Waals surface area contributed by atoms with Crippen molar-refractivity contribution in [3.8, 4) is 5.75 Å². The Balaban J connectivity index is 1.12. The number of benzene rings is 2. The standard InChI is InChI=1S/C29H36N2O6S/c32-28(31-16-4-7-22-5-1-2-9-27(22)31)23-10-12-25(13-11-23)37-20-21-14-17-30(18-15-21)38(35,36)26-8-3-6-24(19-26)29(33)34/h3,6,8,10-13,19,21-22,27H,1-2,4-5,7,9,14-18,20H2,(H,33,34). The molecule has 1 saturated carbocycles. The summed E-state index contributed by atoms with van der Waals surface area (Å²) in [6.07, 6.45) is 8.49. The Morgan fingerprint density at radius 2 is 1.58 bits per heavy atom. The molecule has 204 valence electrons. The van der Waals surface area contributed by atoms with Crippen LogP contribution < -0.4 is 4.74 Å². The molecule has 5 rings (SSSR count). The zero-order chi connectivity index (χ0) is 26.7. The van der Waals surface area contributed by atoms with Gasteiger partial charge in [0.05, 0.1) is 17.1 Å². The number of nitrogens with zero attached hydrogens (tertiary/aromatic N) is 2. The Bertz CT molecular complexity index is 1250. The van der Waals surface area contributed by atoms with Crippen molar-refractivity contribution in [2.24, 2.45) is 11.8 Å². The van der Waals surface area contributed by atoms with Crippen molar-refractivity contribution in [2.45, 2.75) is 62.3 Å². The van der Waals surface area contributed by atoms with Crippen LogP contribution in [0.4, 0.5) is 0 Å². The summed E-state index contributed by atoms with van der Waals surface area (Å²) in [7, 11) is -3.75. The van der Waals surface area contributed by atoms with Gasteiger partial charge in [-0.25, -0.2) is 13.2 Å². The van der Waals surface area contributed by atoms with Gasteiger partial charge in [-0.1, -0.05) is 18.9 Å². The van der Waals surface area contributed by atoms with E-state index in [2.05, 4.69) is 4.90 Å². The van der Waals surface area contributed by atoms with Gasteiger partial charge in [-0.15, -0.1) is 0 Å². The zero-order valence-electron chi connectivity index (χ0n) is 21.6. The molecule has 3 aliphatic rings. The van der Waals surface area contributed by atoms with Crippen LogP contribution in [0.2, 0.25) is 0 Å². The van der Waals surface area contributed by atoms with Gasteiger partial charge in [0.25, 0.3) is 5.91 Å². The molecule has 0 radical (unpaired) electrons. The van der Waals surface area contributed by atoms with Gasteiger partial charge < -0.3 is 14.7 Å². The molecule has 0 spiro atoms. The lowest BCUT2D eigenvalue weighted by atomic mass is 9.78. The van der Waals surface area contributed by atoms with E-state index in [0.717, 1.165) is 19.4 Å². The van der Waals surface area contributed by atoms with Gasteiger partial charge in [0, 0.05) is 31.2 Å². The van der Waals surface area contributed by atoms with E-state index in [1.165, 1.54) is 54.3 Å². The molecule has 1 amide bonds. The molecule has 0 aromatic heterocycles. The molecule has 1 aliphatic carbocycles. The van der Waals surface area contributed by atoms with Crippen LogP contribution in [-0.2, 0) is 10.0 Å². The number of rotatable bonds is 7. The SMILES string of the molecule is O=C(O)c1cccc(S(=O)(=O)N2CCC(COc3ccc(C(=O)N4CCCC5CCCCC54)cc3)CC2)c1. The lowest BCUT2D eigenvalue weighted by molar-refractivity contribution is 0.0390. The van der Waals surface area contributed by atoms with Crippen molar-refractivity contribution in [2.75, 3.05) is 26.2 Å². The van der Waals surface area contributed by atoms with Crippen molar-refractivity contribution in [1.82, 2.24) is 9.21 Å². The van der Waals surface area contributed by atoms with Crippen molar-refractivity contribution >= 4 is 21.9 Å². The van der Waals surface area contributed by atoms with Gasteiger partial charge in [-0.3, -0.25) is 4.79 Å². The van der Waals surface area contributed by atoms with Crippen LogP contribution in [0.25, 0.3) is 0 Å². The topological polar surface area (TPSA) is 104 Å². The van der Waals surface area contributed by atoms with Gasteiger partial charge in [0.1, 0.15) is 5.75 Å². The minimum atomic E-state index is -3.75. The molecule has 9 heteroatoms. The number of carboxylic acid groups (broad SMARTS) is 1. The molecule has 8 nitrogen and oxygen atoms in total. The molecule has 3 fully saturated rings. The minimum Gasteiger partial charge on any atom is -0.493 e. The predicted molar refractivity (Wildman–Crippen MR) is 143 cm³/mol. The second kappa shape index (κ2) is 11.5. The Kier molecular flexibility index (Phi) is 8.04. The van der Waals surface area contributed by atoms with Crippen LogP contribution in [0.15, 0.2) is 53.4 Å². The van der Waals surface area contributed by atoms with E-state index in [1.807, 2.05) is 24.3 Å². The van der Waals surface area contributed by atoms with Crippen molar-refractivity contribution in [3.05, 3.63) is 59.7 Å². The number of likely N-dealkylation sites (tertiary alicyclic amines) is 1. The van der Waals surface area contributed by atoms with Gasteiger partial charge in [-0.2, -0.15) is 4.31 Å². The van der Waals surface area contributed by atoms with Crippen LogP contribution in [0, 0.1) is 11.8 Å². The fraction of sp³-hybridized carbons (Fsp3) is 0.517. The van der Waals surface area contributed by atoms with Gasteiger partial charge in [-0.05, 0) is 92.8 Å². The van der Waals surface area contributed by atoms with Crippen LogP contribution in [0.1, 0.15) is 72.1 Å². The third-order valence-electron chi connectivity index (χ3n) is 8.38. The first-order valence-corrected chi connectivity index (χ1v) is 15.1. The summed E-state index contributed by atoms with van der Waals surface area (Å²) in [5, 5.41) is 9.18. The van der Waals surface area contributed by atoms with E-state index in [0.29, 0.717) is 55.8 Å². The fourth-order valence-electron chi connectivity index (χ4n) is 6.21. The molecule has 38 heavy (non-hydrogen) atoms. The second-order valence-electron chi connectivity index (χ2n) is 10.8. The maximum atomic E-state index is 13.2. The van der Waals surface area contributed by atoms with Crippen LogP contribution in [0.3, 0.4) is 0 Å². The average Bonchev–Trinajstić information content (AvgIpc) is 2.96. The lowest BCUT2D eigenvalue weighted by Crippen LogP contribution is -2.49. The van der Waals surface area contributed by atoms with E-state index < -0.39 is 16.0 Å². The van der Waals surface area contributed by atoms with Crippen molar-refractivity contribution in [1.29, 1.82) is 0 Å². The summed E-state index contributed by atoms with van der Waals surface area (Å²) in [5.74, 6) is 0.539. The molecule has 2 atom stereocenters. The number of carbonyl (C=O) groups excluding carboxylic acids is 1. The predicted octanol–water partition coefficient (Wildman–Crippen LogP) is 4.66. The monoisotopic (exact) mass is 540 g/mol. The van der Waals surface area contributed by atoms with E-state index in [4.69, 9.17) is 4.74 Å². The van der Waals surface area contributed by atoms with Crippen molar-refractivity contribution < 1.29 is 27.9 Å². The summed E-state index contributed by atoms with van der Waals surface area (Å²) in [4.78, 5) is 26.6. The zero-order valence-corrected chi connectivity index (χ0v) is 22.4. The first-order valence-electron chi connectivity index (χ1n) is 13.7. The molecular weight excluding hydrogens is 504 g/mol. The van der Waals surface area contributed by atoms with Crippen LogP contribution >= 0.6 is 0 Å². The van der Waals surface area contributed by atoms with Gasteiger partial charge in [0.15, 0.2) is 0 Å². The van der Waals surface area contributed by atoms with Gasteiger partial charge in [0.2, 0.25) is 10.0 Å². The highest BCUT2D eigenvalue weighted by molar-refractivity contribution is 7.89. The fourth-order valence-corrected chi connectivity index (χ4v) is 7.72. The highest BCUT2D eigenvalue weighted by Gasteiger charge is 2.36. The Morgan fingerprint density at radius 3 is 2.32 bits per heavy atom. The summed E-state index contributed by atoms with van der Waals surface area (Å²) in [6.45, 7) is 2.04. The summed E-state index contributed by atoms with van der Waals surface area (Å²) in [6, 6.07) is 13.3. The summed E-state index contributed by atoms with van der Waals surface area (Å²) in [5.41, 5.74) is 0.658. The van der Waals surface area contributed by atoms with E-state index in [9.17, 15) is 23.1 Å². The van der Waals surface area contributed by atoms with Crippen LogP contribution in [-0.4, -0.2) is 66.9 Å². The number of piperidine rings is 2. The lowest BCUT2D eigenvalue weighted by Gasteiger charge is -2.44. The number of hydrogen-bond acceptors (Lipinski definition) is 5. The summed E-state index contributed by atoms with van der Waals surface area (Å²) < 4.78 is 33.4. The molecule has 1 N–H and O–H groups in total. The molecular formula is C29H36N2O6S. The number of carbonyl (C=O) groups is 2. The molecule has 2 aliphatic heterocycles. The molecule has 2 saturated heterocycles. The van der Waals surface area contributed by atoms with E-state index >= 15 is 0 Å². The third-order valence-corrected chi connectivity index (χ3v) is 10.3. The maximum Gasteiger partial charge on any atom is 0.335 e. The van der Waals surface area contributed by atoms with E-state index in [-0.39, 0.29) is 22.3 Å². The number of sulfonamides is 1. The molecule has 2 aromatic rings. The number of hydrogen-bond donors (Lipinski definition) is 1. The Morgan fingerprint density at radius 1 is 0.868 bits per heavy atom. The maximum absolute atomic E-state index is 13.2. The van der Waals surface area contributed by atoms with Gasteiger partial charge >= 0.3 is 5.97 Å². The highest BCUT2D eigenvalue weighted by atomic mass is 32.2. The first kappa shape index (κ1) is 26.7. The number of amides is 1. The van der Waals surface area contributed by atoms with Crippen LogP contribution in [0.5, 0.6) is 5.75 Å². The quantitative estimate of drug-likeness (QED) is 0.548. The molecule has 0 bridgehead atoms. The Hall–Kier alpha value is -2.91. The Labute approximate surface area is 224 Å². The largest absolute Gasteiger partial charge is 0.493 e. The smallest absolute Gasteiger partial charge is 0.335 e. The van der Waals surface area contributed by atoms with Crippen molar-refractivity contribution in [3.63, 3.8) is 0 Å². The second-order valence-corrected chi connectivity index (χ2v) is 12.7. The number of fused-ring (bicyclic) bond motifs is 1. The number of ether oxygens (including phenoxy) is 1.